The molecule has 0 bridgehead atoms. The van der Waals surface area contributed by atoms with E-state index in [0.29, 0.717) is 19.4 Å². The van der Waals surface area contributed by atoms with Crippen LogP contribution in [0.25, 0.3) is 11.4 Å². The molecule has 1 amide bonds. The van der Waals surface area contributed by atoms with Crippen molar-refractivity contribution < 1.29 is 56.2 Å². The zero-order chi connectivity index (χ0) is 37.0. The fourth-order valence-electron chi connectivity index (χ4n) is 4.74. The number of pyridine rings is 2. The number of rotatable bonds is 19. The third kappa shape index (κ3) is 13.4. The van der Waals surface area contributed by atoms with Gasteiger partial charge < -0.3 is 30.3 Å². The first-order chi connectivity index (χ1) is 24.2. The summed E-state index contributed by atoms with van der Waals surface area (Å²) in [5.74, 6) is -0.211. The second kappa shape index (κ2) is 18.6. The number of aliphatic hydroxyl groups excluding tert-OH is 1. The number of anilines is 1. The van der Waals surface area contributed by atoms with Crippen molar-refractivity contribution in [1.29, 1.82) is 0 Å². The number of aromatic amines is 1. The molecule has 3 aromatic heterocycles. The predicted octanol–water partition coefficient (Wildman–Crippen LogP) is 2.39. The van der Waals surface area contributed by atoms with Gasteiger partial charge in [0.25, 0.3) is 5.56 Å². The summed E-state index contributed by atoms with van der Waals surface area (Å²) in [6.07, 6.45) is 6.41. The van der Waals surface area contributed by atoms with Gasteiger partial charge in [-0.25, -0.2) is 13.9 Å². The molecule has 0 aliphatic carbocycles. The summed E-state index contributed by atoms with van der Waals surface area (Å²) in [7, 11) is -14.4. The Morgan fingerprint density at radius 3 is 2.65 bits per heavy atom. The van der Waals surface area contributed by atoms with E-state index < -0.39 is 60.2 Å². The minimum atomic E-state index is -5.46. The molecule has 0 radical (unpaired) electrons. The number of ether oxygens (including phenoxy) is 1. The quantitative estimate of drug-likeness (QED) is 0.0680. The summed E-state index contributed by atoms with van der Waals surface area (Å²) in [6.45, 7) is 0.0285. The van der Waals surface area contributed by atoms with Gasteiger partial charge in [-0.05, 0) is 47.8 Å². The molecular weight excluding hydrogens is 737 g/mol. The van der Waals surface area contributed by atoms with E-state index in [9.17, 15) is 38.1 Å². The zero-order valence-electron chi connectivity index (χ0n) is 26.7. The standard InChI is InChI=1S/C28H35N6O14P3/c35-23-16-26(46-24(23)18-45-49(39)47-51(43,44)48-50(40,41)42)34-17-19(27(37)33-28(34)38)7-6-13-32-25(36)9-2-1-4-11-29-20-10-14-31-22(15-20)21-8-3-5-12-30-21/h3,5-6,8,10,12-15,17,23-24,26,35H,1-2,4,7,9,11,16,18H2,(H5-,29,31,32,33,36,37,38,40,41,42,43,44)/p+1/b13-6+/t23-,24+,26+/m0/s1. The highest BCUT2D eigenvalue weighted by Gasteiger charge is 2.45. The van der Waals surface area contributed by atoms with E-state index in [-0.39, 0.29) is 24.3 Å². The van der Waals surface area contributed by atoms with Gasteiger partial charge in [0, 0.05) is 60.0 Å². The Morgan fingerprint density at radius 2 is 1.90 bits per heavy atom. The van der Waals surface area contributed by atoms with Crippen molar-refractivity contribution in [1.82, 2.24) is 24.8 Å². The Hall–Kier alpha value is -3.77. The van der Waals surface area contributed by atoms with E-state index in [1.807, 2.05) is 30.3 Å². The van der Waals surface area contributed by atoms with Crippen molar-refractivity contribution in [2.75, 3.05) is 18.5 Å². The minimum Gasteiger partial charge on any atom is -0.390 e. The van der Waals surface area contributed by atoms with Crippen LogP contribution >= 0.6 is 23.9 Å². The summed E-state index contributed by atoms with van der Waals surface area (Å²) in [6, 6.07) is 9.43. The van der Waals surface area contributed by atoms with E-state index in [2.05, 4.69) is 34.2 Å². The molecule has 2 unspecified atom stereocenters. The molecule has 4 rings (SSSR count). The highest BCUT2D eigenvalue weighted by atomic mass is 31.3. The average molecular weight is 774 g/mol. The van der Waals surface area contributed by atoms with E-state index in [1.165, 1.54) is 18.5 Å². The second-order valence-corrected chi connectivity index (χ2v) is 14.9. The molecule has 20 nitrogen and oxygen atoms in total. The maximum Gasteiger partial charge on any atom is 0.708 e. The van der Waals surface area contributed by atoms with E-state index in [4.69, 9.17) is 19.0 Å². The van der Waals surface area contributed by atoms with Gasteiger partial charge in [-0.15, -0.1) is 4.52 Å². The molecule has 4 heterocycles. The third-order valence-electron chi connectivity index (χ3n) is 7.08. The number of unbranched alkanes of at least 4 members (excludes halogenated alkanes) is 2. The van der Waals surface area contributed by atoms with Crippen LogP contribution in [0.15, 0.2) is 70.8 Å². The molecule has 1 aliphatic rings. The summed E-state index contributed by atoms with van der Waals surface area (Å²) < 4.78 is 52.8. The van der Waals surface area contributed by atoms with Crippen molar-refractivity contribution in [2.24, 2.45) is 0 Å². The Morgan fingerprint density at radius 1 is 1.12 bits per heavy atom. The lowest BCUT2D eigenvalue weighted by Gasteiger charge is -2.15. The first kappa shape index (κ1) is 40.0. The zero-order valence-corrected chi connectivity index (χ0v) is 29.4. The van der Waals surface area contributed by atoms with Gasteiger partial charge in [0.05, 0.1) is 17.5 Å². The minimum absolute atomic E-state index is 0.0240. The molecule has 1 saturated heterocycles. The maximum atomic E-state index is 12.5. The second-order valence-electron chi connectivity index (χ2n) is 11.0. The fourth-order valence-corrected chi connectivity index (χ4v) is 7.33. The summed E-state index contributed by atoms with van der Waals surface area (Å²) >= 11 is 0. The largest absolute Gasteiger partial charge is 0.708 e. The van der Waals surface area contributed by atoms with Gasteiger partial charge in [-0.2, -0.15) is 4.31 Å². The summed E-state index contributed by atoms with van der Waals surface area (Å²) in [4.78, 5) is 74.4. The molecule has 51 heavy (non-hydrogen) atoms. The number of hydrogen-bond donors (Lipinski definition) is 7. The maximum absolute atomic E-state index is 12.5. The van der Waals surface area contributed by atoms with Crippen LogP contribution in [0.4, 0.5) is 5.69 Å². The number of aromatic nitrogens is 4. The van der Waals surface area contributed by atoms with Gasteiger partial charge in [0.1, 0.15) is 18.9 Å². The molecule has 276 valence electrons. The highest BCUT2D eigenvalue weighted by Crippen LogP contribution is 2.61. The number of hydrogen-bond acceptors (Lipinski definition) is 14. The van der Waals surface area contributed by atoms with Gasteiger partial charge in [0.2, 0.25) is 5.91 Å². The molecular formula is C28H36N6O14P3+. The van der Waals surface area contributed by atoms with E-state index in [0.717, 1.165) is 34.5 Å². The van der Waals surface area contributed by atoms with Gasteiger partial charge >= 0.3 is 29.6 Å². The lowest BCUT2D eigenvalue weighted by Crippen LogP contribution is -2.34. The number of aliphatic hydroxyl groups is 1. The van der Waals surface area contributed by atoms with Crippen LogP contribution < -0.4 is 21.9 Å². The number of carbonyl (C=O) groups is 1. The molecule has 1 aliphatic heterocycles. The number of phosphoric acid groups is 2. The van der Waals surface area contributed by atoms with E-state index >= 15 is 0 Å². The molecule has 7 N–H and O–H groups in total. The van der Waals surface area contributed by atoms with Crippen LogP contribution in [0.5, 0.6) is 0 Å². The molecule has 23 heteroatoms. The van der Waals surface area contributed by atoms with Crippen molar-refractivity contribution in [3.63, 3.8) is 0 Å². The predicted molar refractivity (Wildman–Crippen MR) is 179 cm³/mol. The Kier molecular flexibility index (Phi) is 14.6. The molecule has 0 aromatic carbocycles. The van der Waals surface area contributed by atoms with Crippen molar-refractivity contribution in [3.8, 4) is 11.4 Å². The number of amides is 1. The number of nitrogens with one attached hydrogen (secondary N) is 3. The first-order valence-corrected chi connectivity index (χ1v) is 19.4. The highest BCUT2D eigenvalue weighted by molar-refractivity contribution is 7.64. The molecule has 0 spiro atoms. The van der Waals surface area contributed by atoms with Crippen LogP contribution in [0.3, 0.4) is 0 Å². The molecule has 5 atom stereocenters. The SMILES string of the molecule is O=C(CCCCCNc1ccnc(-c2ccccn2)c1)N/C=C/Cc1cn([C@H]2C[C@H](O)[C@@H](CO[P+](=O)OP(=O)(O)OP(=O)(O)O)O2)c(=O)[nH]c1=O. The van der Waals surface area contributed by atoms with Crippen LogP contribution in [0, 0.1) is 0 Å². The molecule has 3 aromatic rings. The van der Waals surface area contributed by atoms with Crippen LogP contribution in [-0.4, -0.2) is 70.6 Å². The topological polar surface area (TPSA) is 291 Å². The Balaban J connectivity index is 1.17. The Labute approximate surface area is 290 Å². The number of allylic oxidation sites excluding steroid dienone is 1. The number of H-pyrrole nitrogens is 1. The van der Waals surface area contributed by atoms with Crippen LogP contribution in [-0.2, 0) is 42.8 Å². The van der Waals surface area contributed by atoms with Gasteiger partial charge in [-0.1, -0.05) is 18.6 Å². The molecule has 1 fully saturated rings. The number of nitrogens with zero attached hydrogens (tertiary/aromatic N) is 3. The lowest BCUT2D eigenvalue weighted by atomic mass is 10.2. The van der Waals surface area contributed by atoms with E-state index in [1.54, 1.807) is 12.4 Å². The average Bonchev–Trinajstić information content (AvgIpc) is 3.43. The Bertz CT molecular complexity index is 1900. The van der Waals surface area contributed by atoms with Gasteiger partial charge in [0.15, 0.2) is 0 Å². The smallest absolute Gasteiger partial charge is 0.390 e. The summed E-state index contributed by atoms with van der Waals surface area (Å²) in [5.41, 5.74) is 1.07. The summed E-state index contributed by atoms with van der Waals surface area (Å²) in [5, 5.41) is 16.3. The van der Waals surface area contributed by atoms with Gasteiger partial charge in [-0.3, -0.25) is 34.0 Å². The lowest BCUT2D eigenvalue weighted by molar-refractivity contribution is -0.120. The first-order valence-electron chi connectivity index (χ1n) is 15.3. The fraction of sp³-hybridized carbons (Fsp3) is 0.393. The number of carbonyl (C=O) groups excluding carboxylic acids is 1. The van der Waals surface area contributed by atoms with Crippen molar-refractivity contribution >= 4 is 35.5 Å². The van der Waals surface area contributed by atoms with Crippen LogP contribution in [0.1, 0.15) is 43.9 Å². The monoisotopic (exact) mass is 773 g/mol. The van der Waals surface area contributed by atoms with Crippen LogP contribution in [0.2, 0.25) is 0 Å². The molecule has 0 saturated carbocycles. The third-order valence-corrected chi connectivity index (χ3v) is 10.5. The normalized spacial score (nSPS) is 19.1. The van der Waals surface area contributed by atoms with Crippen molar-refractivity contribution in [3.05, 3.63) is 87.6 Å². The van der Waals surface area contributed by atoms with Crippen molar-refractivity contribution in [2.45, 2.75) is 57.0 Å².